The minimum Gasteiger partial charge on any atom is -0.497 e. The van der Waals surface area contributed by atoms with E-state index in [1.807, 2.05) is 0 Å². The average Bonchev–Trinajstić information content (AvgIpc) is 2.92. The molecule has 0 heterocycles. The smallest absolute Gasteiger partial charge is 0.235 e. The highest BCUT2D eigenvalue weighted by molar-refractivity contribution is 6.11. The maximum Gasteiger partial charge on any atom is 0.235 e. The Kier molecular flexibility index (Phi) is 8.21. The molecule has 0 spiro atoms. The molecule has 3 aromatic rings. The van der Waals surface area contributed by atoms with Gasteiger partial charge in [-0.3, -0.25) is 14.4 Å². The molecule has 0 saturated heterocycles. The van der Waals surface area contributed by atoms with Gasteiger partial charge in [-0.25, -0.2) is 0 Å². The lowest BCUT2D eigenvalue weighted by molar-refractivity contribution is -0.150. The van der Waals surface area contributed by atoms with E-state index in [0.29, 0.717) is 34.2 Å². The van der Waals surface area contributed by atoms with Gasteiger partial charge in [0.05, 0.1) is 44.2 Å². The summed E-state index contributed by atoms with van der Waals surface area (Å²) in [7, 11) is 4.49. The predicted molar refractivity (Wildman–Crippen MR) is 146 cm³/mol. The van der Waals surface area contributed by atoms with Gasteiger partial charge in [0.1, 0.15) is 28.9 Å². The van der Waals surface area contributed by atoms with Crippen molar-refractivity contribution in [3.8, 4) is 17.2 Å². The number of Topliss-reactive ketones (excluding diaryl/α,β-unsaturated/α-hetero) is 1. The van der Waals surface area contributed by atoms with Gasteiger partial charge in [-0.15, -0.1) is 0 Å². The van der Waals surface area contributed by atoms with Crippen LogP contribution in [0.2, 0.25) is 0 Å². The molecule has 0 bridgehead atoms. The van der Waals surface area contributed by atoms with Crippen LogP contribution in [0.1, 0.15) is 24.8 Å². The van der Waals surface area contributed by atoms with Crippen LogP contribution >= 0.6 is 0 Å². The SMILES string of the molecule is COc1ccc([C@@H]2[C@@H](C(=O)Nc3ccccc3OC)C(=O)C[C@](C)(O)[C@H]2C(=O)Nc2ccccc2OC)cc1. The Hall–Kier alpha value is -4.37. The number of ether oxygens (including phenoxy) is 3. The largest absolute Gasteiger partial charge is 0.497 e. The lowest BCUT2D eigenvalue weighted by atomic mass is 9.61. The van der Waals surface area contributed by atoms with Crippen molar-refractivity contribution in [1.29, 1.82) is 0 Å². The third kappa shape index (κ3) is 5.73. The second-order valence-electron chi connectivity index (χ2n) is 9.63. The summed E-state index contributed by atoms with van der Waals surface area (Å²) in [6.45, 7) is 1.45. The van der Waals surface area contributed by atoms with E-state index in [-0.39, 0.29) is 6.42 Å². The maximum absolute atomic E-state index is 13.9. The number of ketones is 1. The van der Waals surface area contributed by atoms with Crippen LogP contribution in [0.4, 0.5) is 11.4 Å². The van der Waals surface area contributed by atoms with Gasteiger partial charge in [0.15, 0.2) is 0 Å². The molecule has 0 aromatic heterocycles. The van der Waals surface area contributed by atoms with Crippen LogP contribution in [-0.2, 0) is 14.4 Å². The number of benzene rings is 3. The molecule has 1 fully saturated rings. The van der Waals surface area contributed by atoms with Crippen molar-refractivity contribution in [2.24, 2.45) is 11.8 Å². The summed E-state index contributed by atoms with van der Waals surface area (Å²) in [6.07, 6.45) is -0.381. The van der Waals surface area contributed by atoms with Gasteiger partial charge in [-0.2, -0.15) is 0 Å². The number of aliphatic hydroxyl groups is 1. The molecule has 1 saturated carbocycles. The number of hydrogen-bond donors (Lipinski definition) is 3. The first-order chi connectivity index (χ1) is 18.7. The fraction of sp³-hybridized carbons (Fsp3) is 0.300. The fourth-order valence-electron chi connectivity index (χ4n) is 5.23. The number of nitrogens with one attached hydrogen (secondary N) is 2. The van der Waals surface area contributed by atoms with Crippen LogP contribution in [0.5, 0.6) is 17.2 Å². The van der Waals surface area contributed by atoms with Crippen molar-refractivity contribution in [2.75, 3.05) is 32.0 Å². The van der Waals surface area contributed by atoms with E-state index in [0.717, 1.165) is 0 Å². The summed E-state index contributed by atoms with van der Waals surface area (Å²) in [5, 5.41) is 17.1. The molecule has 204 valence electrons. The molecule has 0 aliphatic heterocycles. The summed E-state index contributed by atoms with van der Waals surface area (Å²) in [6, 6.07) is 20.5. The predicted octanol–water partition coefficient (Wildman–Crippen LogP) is 4.03. The minimum absolute atomic E-state index is 0.381. The highest BCUT2D eigenvalue weighted by Gasteiger charge is 2.56. The third-order valence-corrected chi connectivity index (χ3v) is 7.06. The van der Waals surface area contributed by atoms with Gasteiger partial charge < -0.3 is 30.0 Å². The first kappa shape index (κ1) is 27.7. The van der Waals surface area contributed by atoms with Crippen LogP contribution in [-0.4, -0.2) is 49.6 Å². The van der Waals surface area contributed by atoms with Crippen LogP contribution < -0.4 is 24.8 Å². The number of methoxy groups -OCH3 is 3. The average molecular weight is 533 g/mol. The minimum atomic E-state index is -1.74. The Labute approximate surface area is 227 Å². The topological polar surface area (TPSA) is 123 Å². The number of para-hydroxylation sites is 4. The maximum atomic E-state index is 13.9. The number of hydrogen-bond acceptors (Lipinski definition) is 7. The molecule has 4 atom stereocenters. The molecule has 39 heavy (non-hydrogen) atoms. The number of amides is 2. The van der Waals surface area contributed by atoms with E-state index >= 15 is 0 Å². The second kappa shape index (κ2) is 11.6. The lowest BCUT2D eigenvalue weighted by Crippen LogP contribution is -2.56. The molecule has 4 rings (SSSR count). The zero-order chi connectivity index (χ0) is 28.2. The molecule has 0 radical (unpaired) electrons. The van der Waals surface area contributed by atoms with Crippen molar-refractivity contribution < 1.29 is 33.7 Å². The number of rotatable bonds is 8. The molecule has 3 aromatic carbocycles. The van der Waals surface area contributed by atoms with E-state index in [2.05, 4.69) is 10.6 Å². The Morgan fingerprint density at radius 3 is 1.82 bits per heavy atom. The van der Waals surface area contributed by atoms with Crippen molar-refractivity contribution >= 4 is 29.0 Å². The van der Waals surface area contributed by atoms with Crippen LogP contribution in [0.3, 0.4) is 0 Å². The summed E-state index contributed by atoms with van der Waals surface area (Å²) in [5.41, 5.74) is -0.418. The van der Waals surface area contributed by atoms with E-state index in [1.54, 1.807) is 72.8 Å². The normalized spacial score (nSPS) is 22.5. The van der Waals surface area contributed by atoms with Crippen LogP contribution in [0.15, 0.2) is 72.8 Å². The molecule has 9 nitrogen and oxygen atoms in total. The van der Waals surface area contributed by atoms with E-state index in [1.165, 1.54) is 28.3 Å². The third-order valence-electron chi connectivity index (χ3n) is 7.06. The molecule has 1 aliphatic carbocycles. The Balaban J connectivity index is 1.79. The van der Waals surface area contributed by atoms with Gasteiger partial charge in [0, 0.05) is 12.3 Å². The standard InChI is InChI=1S/C30H32N2O7/c1-30(36)17-22(33)26(28(34)31-20-9-5-7-11-23(20)38-3)25(18-13-15-19(37-2)16-14-18)27(30)29(35)32-21-10-6-8-12-24(21)39-4/h5-16,25-27,36H,17H2,1-4H3,(H,31,34)(H,32,35)/t25-,26+,27-,30+/m1/s1. The lowest BCUT2D eigenvalue weighted by Gasteiger charge is -2.44. The van der Waals surface area contributed by atoms with Gasteiger partial charge in [-0.1, -0.05) is 36.4 Å². The van der Waals surface area contributed by atoms with Gasteiger partial charge in [0.2, 0.25) is 11.8 Å². The highest BCUT2D eigenvalue weighted by atomic mass is 16.5. The first-order valence-corrected chi connectivity index (χ1v) is 12.5. The summed E-state index contributed by atoms with van der Waals surface area (Å²) >= 11 is 0. The van der Waals surface area contributed by atoms with Crippen molar-refractivity contribution in [2.45, 2.75) is 24.9 Å². The van der Waals surface area contributed by atoms with E-state index in [9.17, 15) is 19.5 Å². The quantitative estimate of drug-likeness (QED) is 0.374. The Morgan fingerprint density at radius 2 is 1.31 bits per heavy atom. The van der Waals surface area contributed by atoms with Crippen molar-refractivity contribution in [1.82, 2.24) is 0 Å². The summed E-state index contributed by atoms with van der Waals surface area (Å²) < 4.78 is 16.0. The van der Waals surface area contributed by atoms with Crippen molar-refractivity contribution in [3.05, 3.63) is 78.4 Å². The van der Waals surface area contributed by atoms with E-state index < -0.39 is 41.0 Å². The molecular formula is C30H32N2O7. The Morgan fingerprint density at radius 1 is 0.795 bits per heavy atom. The van der Waals surface area contributed by atoms with Gasteiger partial charge in [-0.05, 0) is 48.9 Å². The van der Waals surface area contributed by atoms with Crippen molar-refractivity contribution in [3.63, 3.8) is 0 Å². The number of carbonyl (C=O) groups excluding carboxylic acids is 3. The first-order valence-electron chi connectivity index (χ1n) is 12.5. The molecule has 2 amide bonds. The zero-order valence-electron chi connectivity index (χ0n) is 22.3. The monoisotopic (exact) mass is 532 g/mol. The van der Waals surface area contributed by atoms with Gasteiger partial charge >= 0.3 is 0 Å². The van der Waals surface area contributed by atoms with Crippen LogP contribution in [0.25, 0.3) is 0 Å². The summed E-state index contributed by atoms with van der Waals surface area (Å²) in [4.78, 5) is 41.1. The molecular weight excluding hydrogens is 500 g/mol. The second-order valence-corrected chi connectivity index (χ2v) is 9.63. The molecule has 0 unspecified atom stereocenters. The Bertz CT molecular complexity index is 1350. The van der Waals surface area contributed by atoms with Crippen LogP contribution in [0, 0.1) is 11.8 Å². The molecule has 9 heteroatoms. The fourth-order valence-corrected chi connectivity index (χ4v) is 5.23. The number of anilines is 2. The molecule has 3 N–H and O–H groups in total. The summed E-state index contributed by atoms with van der Waals surface area (Å²) in [5.74, 6) is -3.62. The molecule has 1 aliphatic rings. The number of carbonyl (C=O) groups is 3. The van der Waals surface area contributed by atoms with E-state index in [4.69, 9.17) is 14.2 Å². The van der Waals surface area contributed by atoms with Gasteiger partial charge in [0.25, 0.3) is 0 Å². The highest BCUT2D eigenvalue weighted by Crippen LogP contribution is 2.47. The zero-order valence-corrected chi connectivity index (χ0v) is 22.3.